The lowest BCUT2D eigenvalue weighted by Gasteiger charge is -2.36. The van der Waals surface area contributed by atoms with Gasteiger partial charge in [-0.05, 0) is 49.4 Å². The van der Waals surface area contributed by atoms with Crippen LogP contribution in [0.25, 0.3) is 0 Å². The number of nitrogens with one attached hydrogen (secondary N) is 1. The summed E-state index contributed by atoms with van der Waals surface area (Å²) in [5.41, 5.74) is 0.802. The Bertz CT molecular complexity index is 868. The summed E-state index contributed by atoms with van der Waals surface area (Å²) >= 11 is 5.82. The van der Waals surface area contributed by atoms with E-state index in [-0.39, 0.29) is 11.8 Å². The fourth-order valence-corrected chi connectivity index (χ4v) is 3.23. The standard InChI is InChI=1S/C21H23ClFN3O3/c1-15(27)16-2-7-20(19(23)14-16)25-9-11-26(12-10-25)21(28)24-8-13-29-18-5-3-17(22)4-6-18/h2-7,14H,8-13H2,1H3,(H,24,28). The molecule has 1 N–H and O–H groups in total. The Labute approximate surface area is 174 Å². The fraction of sp³-hybridized carbons (Fsp3) is 0.333. The number of halogens is 2. The molecule has 2 aromatic rings. The maximum absolute atomic E-state index is 14.3. The Morgan fingerprint density at radius 2 is 1.79 bits per heavy atom. The van der Waals surface area contributed by atoms with Crippen LogP contribution in [0.3, 0.4) is 0 Å². The Kier molecular flexibility index (Phi) is 6.93. The lowest BCUT2D eigenvalue weighted by atomic mass is 10.1. The molecule has 3 rings (SSSR count). The highest BCUT2D eigenvalue weighted by Gasteiger charge is 2.23. The van der Waals surface area contributed by atoms with E-state index < -0.39 is 5.82 Å². The minimum absolute atomic E-state index is 0.169. The van der Waals surface area contributed by atoms with E-state index in [1.165, 1.54) is 13.0 Å². The monoisotopic (exact) mass is 419 g/mol. The first-order valence-electron chi connectivity index (χ1n) is 9.40. The third kappa shape index (κ3) is 5.60. The van der Waals surface area contributed by atoms with Crippen molar-refractivity contribution in [2.45, 2.75) is 6.92 Å². The molecule has 0 atom stereocenters. The number of anilines is 1. The van der Waals surface area contributed by atoms with Crippen LogP contribution < -0.4 is 15.0 Å². The van der Waals surface area contributed by atoms with Crippen molar-refractivity contribution in [2.24, 2.45) is 0 Å². The van der Waals surface area contributed by atoms with E-state index >= 15 is 0 Å². The molecule has 1 saturated heterocycles. The number of benzene rings is 2. The van der Waals surface area contributed by atoms with E-state index in [1.54, 1.807) is 41.3 Å². The fourth-order valence-electron chi connectivity index (χ4n) is 3.10. The van der Waals surface area contributed by atoms with Crippen LogP contribution in [-0.4, -0.2) is 56.0 Å². The highest BCUT2D eigenvalue weighted by Crippen LogP contribution is 2.22. The lowest BCUT2D eigenvalue weighted by molar-refractivity contribution is 0.101. The molecule has 1 heterocycles. The van der Waals surface area contributed by atoms with Gasteiger partial charge in [0.2, 0.25) is 0 Å². The highest BCUT2D eigenvalue weighted by atomic mass is 35.5. The van der Waals surface area contributed by atoms with Gasteiger partial charge in [0.05, 0.1) is 12.2 Å². The van der Waals surface area contributed by atoms with Gasteiger partial charge < -0.3 is 19.9 Å². The van der Waals surface area contributed by atoms with E-state index in [0.717, 1.165) is 0 Å². The molecule has 0 aromatic heterocycles. The average molecular weight is 420 g/mol. The Morgan fingerprint density at radius 3 is 2.41 bits per heavy atom. The van der Waals surface area contributed by atoms with Crippen molar-refractivity contribution in [3.8, 4) is 5.75 Å². The molecule has 0 saturated carbocycles. The number of rotatable bonds is 6. The first-order valence-corrected chi connectivity index (χ1v) is 9.78. The molecular weight excluding hydrogens is 397 g/mol. The molecule has 0 bridgehead atoms. The Balaban J connectivity index is 1.42. The van der Waals surface area contributed by atoms with Gasteiger partial charge in [0.1, 0.15) is 18.2 Å². The van der Waals surface area contributed by atoms with Crippen LogP contribution in [0.2, 0.25) is 5.02 Å². The molecule has 2 aromatic carbocycles. The minimum Gasteiger partial charge on any atom is -0.492 e. The van der Waals surface area contributed by atoms with Crippen LogP contribution in [0, 0.1) is 5.82 Å². The van der Waals surface area contributed by atoms with E-state index in [9.17, 15) is 14.0 Å². The number of carbonyl (C=O) groups excluding carboxylic acids is 2. The van der Waals surface area contributed by atoms with Gasteiger partial charge in [-0.3, -0.25) is 4.79 Å². The van der Waals surface area contributed by atoms with E-state index in [2.05, 4.69) is 5.32 Å². The summed E-state index contributed by atoms with van der Waals surface area (Å²) < 4.78 is 19.9. The van der Waals surface area contributed by atoms with Crippen molar-refractivity contribution in [1.82, 2.24) is 10.2 Å². The summed E-state index contributed by atoms with van der Waals surface area (Å²) in [5, 5.41) is 3.46. The third-order valence-corrected chi connectivity index (χ3v) is 4.97. The van der Waals surface area contributed by atoms with Gasteiger partial charge in [-0.25, -0.2) is 9.18 Å². The summed E-state index contributed by atoms with van der Waals surface area (Å²) in [6.45, 7) is 4.14. The summed E-state index contributed by atoms with van der Waals surface area (Å²) in [7, 11) is 0. The number of ether oxygens (including phenoxy) is 1. The van der Waals surface area contributed by atoms with E-state index in [0.29, 0.717) is 61.4 Å². The first kappa shape index (κ1) is 20.9. The van der Waals surface area contributed by atoms with E-state index in [1.807, 2.05) is 4.90 Å². The second kappa shape index (κ2) is 9.60. The zero-order chi connectivity index (χ0) is 20.8. The number of hydrogen-bond donors (Lipinski definition) is 1. The molecule has 154 valence electrons. The molecule has 1 fully saturated rings. The number of hydrogen-bond acceptors (Lipinski definition) is 4. The topological polar surface area (TPSA) is 61.9 Å². The highest BCUT2D eigenvalue weighted by molar-refractivity contribution is 6.30. The second-order valence-electron chi connectivity index (χ2n) is 6.73. The summed E-state index contributed by atoms with van der Waals surface area (Å²) in [6, 6.07) is 11.4. The maximum atomic E-state index is 14.3. The SMILES string of the molecule is CC(=O)c1ccc(N2CCN(C(=O)NCCOc3ccc(Cl)cc3)CC2)c(F)c1. The lowest BCUT2D eigenvalue weighted by Crippen LogP contribution is -2.52. The Morgan fingerprint density at radius 1 is 1.10 bits per heavy atom. The minimum atomic E-state index is -0.421. The van der Waals surface area contributed by atoms with Crippen molar-refractivity contribution < 1.29 is 18.7 Å². The van der Waals surface area contributed by atoms with Gasteiger partial charge in [-0.2, -0.15) is 0 Å². The second-order valence-corrected chi connectivity index (χ2v) is 7.17. The largest absolute Gasteiger partial charge is 0.492 e. The number of Topliss-reactive ketones (excluding diaryl/α,β-unsaturated/α-hetero) is 1. The zero-order valence-electron chi connectivity index (χ0n) is 16.2. The number of carbonyl (C=O) groups is 2. The molecule has 1 aliphatic rings. The molecule has 8 heteroatoms. The van der Waals surface area contributed by atoms with Gasteiger partial charge in [0, 0.05) is 36.8 Å². The summed E-state index contributed by atoms with van der Waals surface area (Å²) in [6.07, 6.45) is 0. The Hall–Kier alpha value is -2.80. The molecule has 0 aliphatic carbocycles. The summed E-state index contributed by atoms with van der Waals surface area (Å²) in [5.74, 6) is 0.0991. The number of amides is 2. The van der Waals surface area contributed by atoms with E-state index in [4.69, 9.17) is 16.3 Å². The molecule has 0 unspecified atom stereocenters. The normalized spacial score (nSPS) is 13.9. The first-order chi connectivity index (χ1) is 13.9. The van der Waals surface area contributed by atoms with Gasteiger partial charge in [-0.15, -0.1) is 0 Å². The number of urea groups is 1. The van der Waals surface area contributed by atoms with Crippen LogP contribution in [0.1, 0.15) is 17.3 Å². The van der Waals surface area contributed by atoms with Gasteiger partial charge in [0.25, 0.3) is 0 Å². The van der Waals surface area contributed by atoms with Crippen molar-refractivity contribution in [2.75, 3.05) is 44.2 Å². The molecule has 2 amide bonds. The zero-order valence-corrected chi connectivity index (χ0v) is 16.9. The molecule has 6 nitrogen and oxygen atoms in total. The molecule has 29 heavy (non-hydrogen) atoms. The molecule has 0 radical (unpaired) electrons. The number of piperazine rings is 1. The van der Waals surface area contributed by atoms with Gasteiger partial charge in [-0.1, -0.05) is 11.6 Å². The van der Waals surface area contributed by atoms with Crippen LogP contribution in [0.15, 0.2) is 42.5 Å². The van der Waals surface area contributed by atoms with Gasteiger partial charge in [0.15, 0.2) is 5.78 Å². The average Bonchev–Trinajstić information content (AvgIpc) is 2.72. The number of ketones is 1. The van der Waals surface area contributed by atoms with Gasteiger partial charge >= 0.3 is 6.03 Å². The molecule has 1 aliphatic heterocycles. The van der Waals surface area contributed by atoms with Crippen molar-refractivity contribution in [1.29, 1.82) is 0 Å². The maximum Gasteiger partial charge on any atom is 0.317 e. The van der Waals surface area contributed by atoms with Crippen LogP contribution in [0.4, 0.5) is 14.9 Å². The number of nitrogens with zero attached hydrogens (tertiary/aromatic N) is 2. The van der Waals surface area contributed by atoms with Crippen molar-refractivity contribution in [3.63, 3.8) is 0 Å². The van der Waals surface area contributed by atoms with Crippen molar-refractivity contribution in [3.05, 3.63) is 58.9 Å². The predicted octanol–water partition coefficient (Wildman–Crippen LogP) is 3.59. The van der Waals surface area contributed by atoms with Crippen LogP contribution in [0.5, 0.6) is 5.75 Å². The third-order valence-electron chi connectivity index (χ3n) is 4.72. The van der Waals surface area contributed by atoms with Crippen LogP contribution in [-0.2, 0) is 0 Å². The quantitative estimate of drug-likeness (QED) is 0.574. The molecule has 0 spiro atoms. The summed E-state index contributed by atoms with van der Waals surface area (Å²) in [4.78, 5) is 27.2. The smallest absolute Gasteiger partial charge is 0.317 e. The predicted molar refractivity (Wildman–Crippen MR) is 111 cm³/mol. The molecular formula is C21H23ClFN3O3. The van der Waals surface area contributed by atoms with Crippen LogP contribution >= 0.6 is 11.6 Å². The van der Waals surface area contributed by atoms with Crippen molar-refractivity contribution >= 4 is 29.1 Å².